The summed E-state index contributed by atoms with van der Waals surface area (Å²) < 4.78 is 0. The molecular formula is C17H28N2. The second-order valence-corrected chi connectivity index (χ2v) is 6.22. The van der Waals surface area contributed by atoms with Crippen LogP contribution in [0.5, 0.6) is 0 Å². The van der Waals surface area contributed by atoms with Crippen molar-refractivity contribution in [2.24, 2.45) is 17.6 Å². The van der Waals surface area contributed by atoms with E-state index in [0.717, 1.165) is 24.8 Å². The summed E-state index contributed by atoms with van der Waals surface area (Å²) >= 11 is 0. The number of nitrogens with two attached hydrogens (primary N) is 1. The maximum Gasteiger partial charge on any atom is 0.0369 e. The lowest BCUT2D eigenvalue weighted by molar-refractivity contribution is 0.311. The number of piperidine rings is 1. The van der Waals surface area contributed by atoms with Gasteiger partial charge in [0.15, 0.2) is 0 Å². The molecule has 0 radical (unpaired) electrons. The predicted octanol–water partition coefficient (Wildman–Crippen LogP) is 3.37. The van der Waals surface area contributed by atoms with Gasteiger partial charge >= 0.3 is 0 Å². The Labute approximate surface area is 118 Å². The molecule has 0 amide bonds. The highest BCUT2D eigenvalue weighted by Gasteiger charge is 2.21. The number of hydrogen-bond acceptors (Lipinski definition) is 2. The number of anilines is 1. The minimum absolute atomic E-state index is 0.736. The molecule has 2 heteroatoms. The Morgan fingerprint density at radius 3 is 2.47 bits per heavy atom. The number of hydrogen-bond donors (Lipinski definition) is 1. The molecule has 2 nitrogen and oxygen atoms in total. The van der Waals surface area contributed by atoms with E-state index in [1.807, 2.05) is 0 Å². The quantitative estimate of drug-likeness (QED) is 0.899. The second kappa shape index (κ2) is 6.42. The third kappa shape index (κ3) is 3.50. The maximum absolute atomic E-state index is 5.64. The molecule has 0 unspecified atom stereocenters. The molecule has 1 saturated heterocycles. The molecule has 2 rings (SSSR count). The zero-order chi connectivity index (χ0) is 13.8. The molecule has 2 N–H and O–H groups in total. The second-order valence-electron chi connectivity index (χ2n) is 6.22. The van der Waals surface area contributed by atoms with E-state index in [1.54, 1.807) is 0 Å². The lowest BCUT2D eigenvalue weighted by atomic mass is 9.86. The van der Waals surface area contributed by atoms with Crippen molar-refractivity contribution in [3.8, 4) is 0 Å². The van der Waals surface area contributed by atoms with Crippen LogP contribution >= 0.6 is 0 Å². The fourth-order valence-corrected chi connectivity index (χ4v) is 3.14. The van der Waals surface area contributed by atoms with Crippen LogP contribution in [0.4, 0.5) is 5.69 Å². The van der Waals surface area contributed by atoms with E-state index in [1.165, 1.54) is 42.7 Å². The Kier molecular flexibility index (Phi) is 4.87. The summed E-state index contributed by atoms with van der Waals surface area (Å²) in [4.78, 5) is 2.54. The van der Waals surface area contributed by atoms with Crippen molar-refractivity contribution in [2.45, 2.75) is 40.0 Å². The van der Waals surface area contributed by atoms with Gasteiger partial charge in [-0.1, -0.05) is 19.9 Å². The molecule has 0 atom stereocenters. The Hall–Kier alpha value is -1.02. The summed E-state index contributed by atoms with van der Waals surface area (Å²) in [5, 5.41) is 0. The summed E-state index contributed by atoms with van der Waals surface area (Å²) in [5.41, 5.74) is 9.81. The lowest BCUT2D eigenvalue weighted by Gasteiger charge is -2.35. The van der Waals surface area contributed by atoms with Gasteiger partial charge in [0.1, 0.15) is 0 Å². The SMILES string of the molecule is Cc1cc(N2CCC(C(C)C)CC2)ccc1CCN. The summed E-state index contributed by atoms with van der Waals surface area (Å²) in [6.07, 6.45) is 3.66. The van der Waals surface area contributed by atoms with Crippen LogP contribution in [0, 0.1) is 18.8 Å². The van der Waals surface area contributed by atoms with Crippen molar-refractivity contribution in [3.05, 3.63) is 29.3 Å². The molecule has 1 aromatic carbocycles. The van der Waals surface area contributed by atoms with E-state index < -0.39 is 0 Å². The Morgan fingerprint density at radius 2 is 1.95 bits per heavy atom. The van der Waals surface area contributed by atoms with Crippen LogP contribution in [0.2, 0.25) is 0 Å². The predicted molar refractivity (Wildman–Crippen MR) is 83.7 cm³/mol. The van der Waals surface area contributed by atoms with Gasteiger partial charge in [0.2, 0.25) is 0 Å². The van der Waals surface area contributed by atoms with Crippen molar-refractivity contribution in [3.63, 3.8) is 0 Å². The number of aryl methyl sites for hydroxylation is 1. The first-order chi connectivity index (χ1) is 9.11. The van der Waals surface area contributed by atoms with Crippen molar-refractivity contribution < 1.29 is 0 Å². The Morgan fingerprint density at radius 1 is 1.26 bits per heavy atom. The monoisotopic (exact) mass is 260 g/mol. The Bertz CT molecular complexity index is 404. The van der Waals surface area contributed by atoms with E-state index in [-0.39, 0.29) is 0 Å². The molecule has 0 spiro atoms. The summed E-state index contributed by atoms with van der Waals surface area (Å²) in [5.74, 6) is 1.74. The molecule has 0 aromatic heterocycles. The molecule has 1 fully saturated rings. The molecule has 19 heavy (non-hydrogen) atoms. The van der Waals surface area contributed by atoms with Crippen LogP contribution in [-0.4, -0.2) is 19.6 Å². The fraction of sp³-hybridized carbons (Fsp3) is 0.647. The van der Waals surface area contributed by atoms with Crippen molar-refractivity contribution >= 4 is 5.69 Å². The smallest absolute Gasteiger partial charge is 0.0369 e. The molecule has 1 aromatic rings. The average Bonchev–Trinajstić information content (AvgIpc) is 2.41. The molecule has 0 aliphatic carbocycles. The third-order valence-electron chi connectivity index (χ3n) is 4.59. The average molecular weight is 260 g/mol. The Balaban J connectivity index is 2.01. The van der Waals surface area contributed by atoms with Gasteiger partial charge in [-0.25, -0.2) is 0 Å². The van der Waals surface area contributed by atoms with Crippen molar-refractivity contribution in [1.82, 2.24) is 0 Å². The molecule has 0 bridgehead atoms. The highest BCUT2D eigenvalue weighted by Crippen LogP contribution is 2.28. The van der Waals surface area contributed by atoms with Gasteiger partial charge < -0.3 is 10.6 Å². The van der Waals surface area contributed by atoms with E-state index in [0.29, 0.717) is 0 Å². The zero-order valence-electron chi connectivity index (χ0n) is 12.7. The van der Waals surface area contributed by atoms with Gasteiger partial charge in [0, 0.05) is 18.8 Å². The van der Waals surface area contributed by atoms with Crippen LogP contribution in [-0.2, 0) is 6.42 Å². The van der Waals surface area contributed by atoms with Crippen molar-refractivity contribution in [1.29, 1.82) is 0 Å². The van der Waals surface area contributed by atoms with E-state index in [2.05, 4.69) is 43.9 Å². The molecule has 1 aliphatic rings. The zero-order valence-corrected chi connectivity index (χ0v) is 12.7. The number of rotatable bonds is 4. The largest absolute Gasteiger partial charge is 0.372 e. The van der Waals surface area contributed by atoms with Crippen molar-refractivity contribution in [2.75, 3.05) is 24.5 Å². The van der Waals surface area contributed by atoms with E-state index in [4.69, 9.17) is 5.73 Å². The van der Waals surface area contributed by atoms with Crippen LogP contribution in [0.3, 0.4) is 0 Å². The lowest BCUT2D eigenvalue weighted by Crippen LogP contribution is -2.35. The van der Waals surface area contributed by atoms with Crippen LogP contribution in [0.15, 0.2) is 18.2 Å². The maximum atomic E-state index is 5.64. The van der Waals surface area contributed by atoms with Gasteiger partial charge in [0.25, 0.3) is 0 Å². The highest BCUT2D eigenvalue weighted by atomic mass is 15.1. The topological polar surface area (TPSA) is 29.3 Å². The van der Waals surface area contributed by atoms with Crippen LogP contribution in [0.1, 0.15) is 37.8 Å². The fourth-order valence-electron chi connectivity index (χ4n) is 3.14. The first-order valence-corrected chi connectivity index (χ1v) is 7.66. The van der Waals surface area contributed by atoms with Gasteiger partial charge in [-0.2, -0.15) is 0 Å². The molecular weight excluding hydrogens is 232 g/mol. The molecule has 0 saturated carbocycles. The minimum atomic E-state index is 0.736. The van der Waals surface area contributed by atoms with Crippen LogP contribution in [0.25, 0.3) is 0 Å². The van der Waals surface area contributed by atoms with Gasteiger partial charge in [-0.3, -0.25) is 0 Å². The molecule has 1 heterocycles. The standard InChI is InChI=1S/C17H28N2/c1-13(2)15-7-10-19(11-8-15)17-5-4-16(6-9-18)14(3)12-17/h4-5,12-13,15H,6-11,18H2,1-3H3. The third-order valence-corrected chi connectivity index (χ3v) is 4.59. The number of benzene rings is 1. The summed E-state index contributed by atoms with van der Waals surface area (Å²) in [6.45, 7) is 10.1. The highest BCUT2D eigenvalue weighted by molar-refractivity contribution is 5.51. The normalized spacial score (nSPS) is 17.2. The first kappa shape index (κ1) is 14.4. The van der Waals surface area contributed by atoms with Crippen LogP contribution < -0.4 is 10.6 Å². The van der Waals surface area contributed by atoms with E-state index >= 15 is 0 Å². The van der Waals surface area contributed by atoms with Gasteiger partial charge in [-0.05, 0) is 67.8 Å². The summed E-state index contributed by atoms with van der Waals surface area (Å²) in [7, 11) is 0. The summed E-state index contributed by atoms with van der Waals surface area (Å²) in [6, 6.07) is 6.86. The van der Waals surface area contributed by atoms with Gasteiger partial charge in [0.05, 0.1) is 0 Å². The minimum Gasteiger partial charge on any atom is -0.372 e. The molecule has 106 valence electrons. The number of nitrogens with zero attached hydrogens (tertiary/aromatic N) is 1. The van der Waals surface area contributed by atoms with Gasteiger partial charge in [-0.15, -0.1) is 0 Å². The molecule has 1 aliphatic heterocycles. The first-order valence-electron chi connectivity index (χ1n) is 7.66. The van der Waals surface area contributed by atoms with E-state index in [9.17, 15) is 0 Å².